The van der Waals surface area contributed by atoms with E-state index >= 15 is 0 Å². The Hall–Kier alpha value is -1.68. The maximum Gasteiger partial charge on any atom is 0.243 e. The van der Waals surface area contributed by atoms with Gasteiger partial charge in [0.2, 0.25) is 15.9 Å². The first kappa shape index (κ1) is 20.1. The van der Waals surface area contributed by atoms with Crippen molar-refractivity contribution in [2.24, 2.45) is 5.92 Å². The maximum absolute atomic E-state index is 12.9. The van der Waals surface area contributed by atoms with Crippen LogP contribution in [-0.2, 0) is 14.8 Å². The van der Waals surface area contributed by atoms with E-state index in [9.17, 15) is 13.2 Å². The average molecular weight is 398 g/mol. The number of quaternary nitrogens is 1. The monoisotopic (exact) mass is 397 g/mol. The SMILES string of the molecule is COc1ccc(S(=O)(=O)N2CCC[C@@H](C(=O)NN3CC[NH+](C)CC3)C2)cc1. The van der Waals surface area contributed by atoms with E-state index in [-0.39, 0.29) is 23.3 Å². The zero-order chi connectivity index (χ0) is 19.4. The Balaban J connectivity index is 1.63. The summed E-state index contributed by atoms with van der Waals surface area (Å²) in [4.78, 5) is 14.3. The van der Waals surface area contributed by atoms with Gasteiger partial charge in [-0.1, -0.05) is 0 Å². The van der Waals surface area contributed by atoms with Crippen molar-refractivity contribution >= 4 is 15.9 Å². The summed E-state index contributed by atoms with van der Waals surface area (Å²) in [7, 11) is 0.0688. The molecule has 2 N–H and O–H groups in total. The molecule has 0 spiro atoms. The summed E-state index contributed by atoms with van der Waals surface area (Å²) in [6.07, 6.45) is 1.39. The number of piperidine rings is 1. The molecular weight excluding hydrogens is 368 g/mol. The summed E-state index contributed by atoms with van der Waals surface area (Å²) >= 11 is 0. The van der Waals surface area contributed by atoms with Gasteiger partial charge in [-0.25, -0.2) is 13.4 Å². The lowest BCUT2D eigenvalue weighted by molar-refractivity contribution is -0.884. The molecule has 0 aliphatic carbocycles. The number of rotatable bonds is 5. The van der Waals surface area contributed by atoms with Crippen LogP contribution in [0.3, 0.4) is 0 Å². The number of piperazine rings is 1. The number of benzene rings is 1. The van der Waals surface area contributed by atoms with E-state index in [1.54, 1.807) is 31.4 Å². The second kappa shape index (κ2) is 8.55. The van der Waals surface area contributed by atoms with E-state index in [0.717, 1.165) is 26.2 Å². The smallest absolute Gasteiger partial charge is 0.243 e. The highest BCUT2D eigenvalue weighted by atomic mass is 32.2. The van der Waals surface area contributed by atoms with Crippen LogP contribution in [0.2, 0.25) is 0 Å². The van der Waals surface area contributed by atoms with Crippen molar-refractivity contribution in [1.82, 2.24) is 14.7 Å². The number of hydrogen-bond acceptors (Lipinski definition) is 5. The highest BCUT2D eigenvalue weighted by molar-refractivity contribution is 7.89. The van der Waals surface area contributed by atoms with Gasteiger partial charge in [-0.2, -0.15) is 4.31 Å². The van der Waals surface area contributed by atoms with E-state index < -0.39 is 10.0 Å². The summed E-state index contributed by atoms with van der Waals surface area (Å²) in [6.45, 7) is 4.28. The van der Waals surface area contributed by atoms with Gasteiger partial charge in [-0.3, -0.25) is 10.2 Å². The van der Waals surface area contributed by atoms with E-state index in [0.29, 0.717) is 25.1 Å². The van der Waals surface area contributed by atoms with Crippen molar-refractivity contribution < 1.29 is 22.8 Å². The Morgan fingerprint density at radius 1 is 1.19 bits per heavy atom. The van der Waals surface area contributed by atoms with Crippen LogP contribution in [0.1, 0.15) is 12.8 Å². The molecular formula is C18H29N4O4S+. The number of carbonyl (C=O) groups excluding carboxylic acids is 1. The molecule has 3 rings (SSSR count). The average Bonchev–Trinajstić information content (AvgIpc) is 2.70. The van der Waals surface area contributed by atoms with Crippen LogP contribution in [0.4, 0.5) is 0 Å². The van der Waals surface area contributed by atoms with Crippen LogP contribution in [-0.4, -0.2) is 77.1 Å². The normalized spacial score (nSPS) is 23.1. The minimum atomic E-state index is -3.61. The van der Waals surface area contributed by atoms with Crippen molar-refractivity contribution in [3.05, 3.63) is 24.3 Å². The van der Waals surface area contributed by atoms with Crippen LogP contribution in [0.25, 0.3) is 0 Å². The van der Waals surface area contributed by atoms with Crippen LogP contribution in [0.15, 0.2) is 29.2 Å². The lowest BCUT2D eigenvalue weighted by Gasteiger charge is -2.34. The number of hydrazine groups is 1. The van der Waals surface area contributed by atoms with Gasteiger partial charge in [0.05, 0.1) is 51.1 Å². The van der Waals surface area contributed by atoms with Crippen LogP contribution < -0.4 is 15.1 Å². The Morgan fingerprint density at radius 3 is 2.48 bits per heavy atom. The van der Waals surface area contributed by atoms with Crippen LogP contribution in [0, 0.1) is 5.92 Å². The number of carbonyl (C=O) groups is 1. The molecule has 1 aromatic carbocycles. The fourth-order valence-corrected chi connectivity index (χ4v) is 5.04. The van der Waals surface area contributed by atoms with Gasteiger partial charge < -0.3 is 9.64 Å². The van der Waals surface area contributed by atoms with Crippen molar-refractivity contribution in [3.8, 4) is 5.75 Å². The first-order valence-corrected chi connectivity index (χ1v) is 10.8. The van der Waals surface area contributed by atoms with Crippen LogP contribution >= 0.6 is 0 Å². The lowest BCUT2D eigenvalue weighted by atomic mass is 9.99. The number of sulfonamides is 1. The van der Waals surface area contributed by atoms with Gasteiger partial charge in [0.1, 0.15) is 5.75 Å². The molecule has 0 bridgehead atoms. The number of hydrogen-bond donors (Lipinski definition) is 2. The van der Waals surface area contributed by atoms with Crippen molar-refractivity contribution in [3.63, 3.8) is 0 Å². The van der Waals surface area contributed by atoms with E-state index in [1.807, 2.05) is 5.01 Å². The first-order chi connectivity index (χ1) is 12.9. The molecule has 150 valence electrons. The third kappa shape index (κ3) is 4.78. The zero-order valence-corrected chi connectivity index (χ0v) is 16.8. The van der Waals surface area contributed by atoms with Gasteiger partial charge in [-0.15, -0.1) is 0 Å². The van der Waals surface area contributed by atoms with Gasteiger partial charge in [0.25, 0.3) is 0 Å². The summed E-state index contributed by atoms with van der Waals surface area (Å²) in [5, 5.41) is 1.95. The fourth-order valence-electron chi connectivity index (χ4n) is 3.52. The predicted molar refractivity (Wildman–Crippen MR) is 101 cm³/mol. The molecule has 2 heterocycles. The molecule has 8 nitrogen and oxygen atoms in total. The van der Waals surface area contributed by atoms with E-state index in [2.05, 4.69) is 12.5 Å². The molecule has 0 saturated carbocycles. The first-order valence-electron chi connectivity index (χ1n) is 9.41. The molecule has 2 aliphatic heterocycles. The number of nitrogens with one attached hydrogen (secondary N) is 2. The Labute approximate surface area is 161 Å². The minimum absolute atomic E-state index is 0.0795. The molecule has 9 heteroatoms. The molecule has 27 heavy (non-hydrogen) atoms. The highest BCUT2D eigenvalue weighted by Gasteiger charge is 2.34. The second-order valence-electron chi connectivity index (χ2n) is 7.30. The molecule has 2 aliphatic rings. The predicted octanol–water partition coefficient (Wildman–Crippen LogP) is -1.04. The molecule has 2 saturated heterocycles. The fraction of sp³-hybridized carbons (Fsp3) is 0.611. The van der Waals surface area contributed by atoms with Gasteiger partial charge in [0, 0.05) is 13.1 Å². The molecule has 2 fully saturated rings. The van der Waals surface area contributed by atoms with Crippen LogP contribution in [0.5, 0.6) is 5.75 Å². The Kier molecular flexibility index (Phi) is 6.36. The third-order valence-electron chi connectivity index (χ3n) is 5.34. The molecule has 1 atom stereocenters. The van der Waals surface area contributed by atoms with E-state index in [4.69, 9.17) is 4.74 Å². The Bertz CT molecular complexity index is 745. The summed E-state index contributed by atoms with van der Waals surface area (Å²) in [6, 6.07) is 6.36. The number of nitrogens with zero attached hydrogens (tertiary/aromatic N) is 2. The summed E-state index contributed by atoms with van der Waals surface area (Å²) in [5.41, 5.74) is 2.98. The molecule has 0 radical (unpaired) electrons. The van der Waals surface area contributed by atoms with Gasteiger partial charge in [-0.05, 0) is 37.1 Å². The quantitative estimate of drug-likeness (QED) is 0.663. The van der Waals surface area contributed by atoms with Gasteiger partial charge in [0.15, 0.2) is 0 Å². The highest BCUT2D eigenvalue weighted by Crippen LogP contribution is 2.25. The standard InChI is InChI=1S/C18H28N4O4S/c1-20-10-12-21(13-11-20)19-18(23)15-4-3-9-22(14-15)27(24,25)17-7-5-16(26-2)6-8-17/h5-8,15H,3-4,9-14H2,1-2H3,(H,19,23)/p+1/t15-/m1/s1. The molecule has 0 aromatic heterocycles. The second-order valence-corrected chi connectivity index (χ2v) is 9.24. The molecule has 0 unspecified atom stereocenters. The number of methoxy groups -OCH3 is 1. The van der Waals surface area contributed by atoms with Gasteiger partial charge >= 0.3 is 0 Å². The number of likely N-dealkylation sites (N-methyl/N-ethyl adjacent to an activating group) is 1. The third-order valence-corrected chi connectivity index (χ3v) is 7.22. The summed E-state index contributed by atoms with van der Waals surface area (Å²) < 4.78 is 32.4. The minimum Gasteiger partial charge on any atom is -0.497 e. The number of amides is 1. The largest absolute Gasteiger partial charge is 0.497 e. The summed E-state index contributed by atoms with van der Waals surface area (Å²) in [5.74, 6) is 0.210. The van der Waals surface area contributed by atoms with Crippen molar-refractivity contribution in [2.45, 2.75) is 17.7 Å². The van der Waals surface area contributed by atoms with Crippen molar-refractivity contribution in [1.29, 1.82) is 0 Å². The number of ether oxygens (including phenoxy) is 1. The maximum atomic E-state index is 12.9. The zero-order valence-electron chi connectivity index (χ0n) is 16.0. The molecule has 1 amide bonds. The molecule has 1 aromatic rings. The Morgan fingerprint density at radius 2 is 1.85 bits per heavy atom. The van der Waals surface area contributed by atoms with E-state index in [1.165, 1.54) is 9.21 Å². The van der Waals surface area contributed by atoms with Crippen molar-refractivity contribution in [2.75, 3.05) is 53.4 Å². The topological polar surface area (TPSA) is 83.4 Å². The lowest BCUT2D eigenvalue weighted by Crippen LogP contribution is -3.12.